The van der Waals surface area contributed by atoms with E-state index in [1.807, 2.05) is 37.2 Å². The lowest BCUT2D eigenvalue weighted by molar-refractivity contribution is -0.130. The van der Waals surface area contributed by atoms with E-state index in [9.17, 15) is 9.59 Å². The molecule has 3 amide bonds. The Bertz CT molecular complexity index is 893. The van der Waals surface area contributed by atoms with Crippen LogP contribution in [0.15, 0.2) is 48.5 Å². The number of halogens is 1. The number of benzene rings is 2. The summed E-state index contributed by atoms with van der Waals surface area (Å²) in [5.41, 5.74) is 2.33. The number of nitrogens with zero attached hydrogens (tertiary/aromatic N) is 3. The van der Waals surface area contributed by atoms with Crippen molar-refractivity contribution in [1.82, 2.24) is 20.4 Å². The summed E-state index contributed by atoms with van der Waals surface area (Å²) in [6.45, 7) is 1.79. The zero-order chi connectivity index (χ0) is 21.9. The highest BCUT2D eigenvalue weighted by Gasteiger charge is 2.15. The van der Waals surface area contributed by atoms with Crippen LogP contribution in [-0.4, -0.2) is 55.5 Å². The largest absolute Gasteiger partial charge is 0.336 e. The van der Waals surface area contributed by atoms with E-state index in [-0.39, 0.29) is 12.5 Å². The Morgan fingerprint density at radius 2 is 1.77 bits per heavy atom. The standard InChI is InChI=1S/C22H26ClN5O2/c1-27(2)10-11-28(16-19-5-3-4-18(12-19)13-24)21(29)15-26-22(30)25-14-17-6-8-20(23)9-7-17/h3-9,12H,10-11,14-16H2,1-2H3,(H2,25,26,30). The zero-order valence-corrected chi connectivity index (χ0v) is 17.9. The highest BCUT2D eigenvalue weighted by atomic mass is 35.5. The van der Waals surface area contributed by atoms with Crippen molar-refractivity contribution >= 4 is 23.5 Å². The molecule has 0 saturated carbocycles. The summed E-state index contributed by atoms with van der Waals surface area (Å²) >= 11 is 5.85. The first-order chi connectivity index (χ1) is 14.4. The van der Waals surface area contributed by atoms with Crippen LogP contribution >= 0.6 is 11.6 Å². The Labute approximate surface area is 182 Å². The second-order valence-corrected chi connectivity index (χ2v) is 7.53. The van der Waals surface area contributed by atoms with E-state index in [0.29, 0.717) is 36.8 Å². The first-order valence-corrected chi connectivity index (χ1v) is 9.93. The van der Waals surface area contributed by atoms with Crippen LogP contribution in [0.4, 0.5) is 4.79 Å². The minimum absolute atomic E-state index is 0.113. The average Bonchev–Trinajstić information content (AvgIpc) is 2.74. The molecule has 0 saturated heterocycles. The van der Waals surface area contributed by atoms with Gasteiger partial charge in [-0.3, -0.25) is 4.79 Å². The lowest BCUT2D eigenvalue weighted by Crippen LogP contribution is -2.45. The Morgan fingerprint density at radius 1 is 1.03 bits per heavy atom. The number of carbonyl (C=O) groups is 2. The summed E-state index contributed by atoms with van der Waals surface area (Å²) in [4.78, 5) is 28.4. The van der Waals surface area contributed by atoms with E-state index in [4.69, 9.17) is 16.9 Å². The van der Waals surface area contributed by atoms with Crippen molar-refractivity contribution in [2.45, 2.75) is 13.1 Å². The lowest BCUT2D eigenvalue weighted by atomic mass is 10.1. The maximum Gasteiger partial charge on any atom is 0.315 e. The molecule has 0 fully saturated rings. The summed E-state index contributed by atoms with van der Waals surface area (Å²) < 4.78 is 0. The lowest BCUT2D eigenvalue weighted by Gasteiger charge is -2.25. The SMILES string of the molecule is CN(C)CCN(Cc1cccc(C#N)c1)C(=O)CNC(=O)NCc1ccc(Cl)cc1. The number of hydrogen-bond acceptors (Lipinski definition) is 4. The van der Waals surface area contributed by atoms with Crippen LogP contribution in [0.3, 0.4) is 0 Å². The van der Waals surface area contributed by atoms with Crippen LogP contribution < -0.4 is 10.6 Å². The predicted molar refractivity (Wildman–Crippen MR) is 117 cm³/mol. The maximum atomic E-state index is 12.7. The van der Waals surface area contributed by atoms with Crippen molar-refractivity contribution in [3.05, 3.63) is 70.2 Å². The number of nitriles is 1. The summed E-state index contributed by atoms with van der Waals surface area (Å²) in [5.74, 6) is -0.194. The number of amides is 3. The molecule has 2 N–H and O–H groups in total. The smallest absolute Gasteiger partial charge is 0.315 e. The van der Waals surface area contributed by atoms with Crippen molar-refractivity contribution in [3.63, 3.8) is 0 Å². The molecule has 0 radical (unpaired) electrons. The van der Waals surface area contributed by atoms with Crippen LogP contribution in [-0.2, 0) is 17.9 Å². The minimum atomic E-state index is -0.419. The van der Waals surface area contributed by atoms with Crippen LogP contribution in [0, 0.1) is 11.3 Å². The molecule has 7 nitrogen and oxygen atoms in total. The molecule has 0 spiro atoms. The van der Waals surface area contributed by atoms with Gasteiger partial charge in [-0.05, 0) is 49.5 Å². The van der Waals surface area contributed by atoms with Gasteiger partial charge in [-0.2, -0.15) is 5.26 Å². The number of likely N-dealkylation sites (N-methyl/N-ethyl adjacent to an activating group) is 1. The van der Waals surface area contributed by atoms with Gasteiger partial charge in [0.1, 0.15) is 0 Å². The molecule has 0 aliphatic carbocycles. The molecule has 0 aliphatic rings. The predicted octanol–water partition coefficient (Wildman–Crippen LogP) is 2.60. The first kappa shape index (κ1) is 23.2. The van der Waals surface area contributed by atoms with Gasteiger partial charge >= 0.3 is 6.03 Å². The Hall–Kier alpha value is -3.08. The molecule has 0 unspecified atom stereocenters. The van der Waals surface area contributed by atoms with E-state index >= 15 is 0 Å². The molecule has 2 rings (SSSR count). The minimum Gasteiger partial charge on any atom is -0.336 e. The molecule has 2 aromatic rings. The molecule has 0 atom stereocenters. The van der Waals surface area contributed by atoms with Gasteiger partial charge in [0.25, 0.3) is 0 Å². The van der Waals surface area contributed by atoms with Crippen molar-refractivity contribution in [1.29, 1.82) is 5.26 Å². The Morgan fingerprint density at radius 3 is 2.43 bits per heavy atom. The normalized spacial score (nSPS) is 10.4. The molecule has 2 aromatic carbocycles. The molecule has 30 heavy (non-hydrogen) atoms. The van der Waals surface area contributed by atoms with Gasteiger partial charge in [-0.15, -0.1) is 0 Å². The van der Waals surface area contributed by atoms with E-state index in [2.05, 4.69) is 16.7 Å². The van der Waals surface area contributed by atoms with Crippen molar-refractivity contribution in [3.8, 4) is 6.07 Å². The van der Waals surface area contributed by atoms with Crippen LogP contribution in [0.1, 0.15) is 16.7 Å². The number of carbonyl (C=O) groups excluding carboxylic acids is 2. The van der Waals surface area contributed by atoms with Gasteiger partial charge < -0.3 is 20.4 Å². The fourth-order valence-electron chi connectivity index (χ4n) is 2.69. The van der Waals surface area contributed by atoms with Gasteiger partial charge in [0.2, 0.25) is 5.91 Å². The zero-order valence-electron chi connectivity index (χ0n) is 17.2. The molecule has 0 aliphatic heterocycles. The second kappa shape index (κ2) is 11.8. The molecular weight excluding hydrogens is 402 g/mol. The molecule has 8 heteroatoms. The number of urea groups is 1. The molecular formula is C22H26ClN5O2. The van der Waals surface area contributed by atoms with E-state index in [1.54, 1.807) is 35.2 Å². The van der Waals surface area contributed by atoms with Gasteiger partial charge in [-0.25, -0.2) is 4.79 Å². The fraction of sp³-hybridized carbons (Fsp3) is 0.318. The molecule has 0 bridgehead atoms. The summed E-state index contributed by atoms with van der Waals surface area (Å²) in [5, 5.41) is 15.0. The van der Waals surface area contributed by atoms with E-state index < -0.39 is 6.03 Å². The summed E-state index contributed by atoms with van der Waals surface area (Å²) in [7, 11) is 3.86. The van der Waals surface area contributed by atoms with Gasteiger partial charge in [0, 0.05) is 31.2 Å². The first-order valence-electron chi connectivity index (χ1n) is 9.55. The average molecular weight is 428 g/mol. The fourth-order valence-corrected chi connectivity index (χ4v) is 2.81. The van der Waals surface area contributed by atoms with Crippen LogP contribution in [0.5, 0.6) is 0 Å². The number of nitrogens with one attached hydrogen (secondary N) is 2. The maximum absolute atomic E-state index is 12.7. The van der Waals surface area contributed by atoms with Crippen molar-refractivity contribution in [2.75, 3.05) is 33.7 Å². The van der Waals surface area contributed by atoms with Gasteiger partial charge in [0.05, 0.1) is 18.2 Å². The molecule has 0 heterocycles. The summed E-state index contributed by atoms with van der Waals surface area (Å²) in [6.07, 6.45) is 0. The molecule has 158 valence electrons. The molecule has 0 aromatic heterocycles. The monoisotopic (exact) mass is 427 g/mol. The Kier molecular flexibility index (Phi) is 9.13. The summed E-state index contributed by atoms with van der Waals surface area (Å²) in [6, 6.07) is 16.0. The van der Waals surface area contributed by atoms with E-state index in [0.717, 1.165) is 11.1 Å². The Balaban J connectivity index is 1.89. The highest BCUT2D eigenvalue weighted by Crippen LogP contribution is 2.10. The quantitative estimate of drug-likeness (QED) is 0.643. The van der Waals surface area contributed by atoms with Crippen LogP contribution in [0.2, 0.25) is 5.02 Å². The van der Waals surface area contributed by atoms with Crippen molar-refractivity contribution < 1.29 is 9.59 Å². The van der Waals surface area contributed by atoms with Crippen LogP contribution in [0.25, 0.3) is 0 Å². The second-order valence-electron chi connectivity index (χ2n) is 7.09. The highest BCUT2D eigenvalue weighted by molar-refractivity contribution is 6.30. The third kappa shape index (κ3) is 8.11. The van der Waals surface area contributed by atoms with E-state index in [1.165, 1.54) is 0 Å². The van der Waals surface area contributed by atoms with Gasteiger partial charge in [0.15, 0.2) is 0 Å². The number of rotatable bonds is 9. The van der Waals surface area contributed by atoms with Crippen molar-refractivity contribution in [2.24, 2.45) is 0 Å². The number of hydrogen-bond donors (Lipinski definition) is 2. The third-order valence-corrected chi connectivity index (χ3v) is 4.62. The van der Waals surface area contributed by atoms with Gasteiger partial charge in [-0.1, -0.05) is 35.9 Å². The topological polar surface area (TPSA) is 88.5 Å². The third-order valence-electron chi connectivity index (χ3n) is 4.37.